The molecule has 0 aliphatic heterocycles. The molecular weight excluding hydrogens is 799 g/mol. The largest absolute Gasteiger partial charge is 0.310 e. The van der Waals surface area contributed by atoms with Gasteiger partial charge >= 0.3 is 0 Å². The number of fused-ring (bicyclic) bond motifs is 2. The molecular formula is C63H63N3. The Balaban J connectivity index is 0.000000386. The monoisotopic (exact) mass is 862 g/mol. The summed E-state index contributed by atoms with van der Waals surface area (Å²) < 4.78 is 0. The van der Waals surface area contributed by atoms with E-state index >= 15 is 0 Å². The van der Waals surface area contributed by atoms with Crippen LogP contribution >= 0.6 is 0 Å². The normalized spacial score (nSPS) is 10.0. The van der Waals surface area contributed by atoms with E-state index in [9.17, 15) is 0 Å². The first-order chi connectivity index (χ1) is 32.1. The van der Waals surface area contributed by atoms with E-state index in [1.807, 2.05) is 45.0 Å². The van der Waals surface area contributed by atoms with E-state index in [0.717, 1.165) is 72.9 Å². The molecule has 9 aromatic rings. The van der Waals surface area contributed by atoms with Crippen molar-refractivity contribution in [1.29, 1.82) is 0 Å². The van der Waals surface area contributed by atoms with Crippen molar-refractivity contribution in [3.63, 3.8) is 0 Å². The Bertz CT molecular complexity index is 2940. The van der Waals surface area contributed by atoms with Crippen molar-refractivity contribution in [2.75, 3.05) is 4.90 Å². The fourth-order valence-electron chi connectivity index (χ4n) is 7.73. The van der Waals surface area contributed by atoms with Crippen LogP contribution in [0.25, 0.3) is 55.4 Å². The number of para-hydroxylation sites is 2. The van der Waals surface area contributed by atoms with Crippen LogP contribution in [-0.2, 0) is 0 Å². The van der Waals surface area contributed by atoms with Gasteiger partial charge in [-0.1, -0.05) is 196 Å². The van der Waals surface area contributed by atoms with Gasteiger partial charge in [-0.2, -0.15) is 0 Å². The van der Waals surface area contributed by atoms with Crippen LogP contribution < -0.4 is 4.90 Å². The van der Waals surface area contributed by atoms with Crippen molar-refractivity contribution in [2.45, 2.75) is 48.5 Å². The summed E-state index contributed by atoms with van der Waals surface area (Å²) in [7, 11) is 0. The maximum atomic E-state index is 5.29. The van der Waals surface area contributed by atoms with Crippen LogP contribution in [0.15, 0.2) is 238 Å². The zero-order chi connectivity index (χ0) is 47.6. The highest BCUT2D eigenvalue weighted by Crippen LogP contribution is 2.41. The van der Waals surface area contributed by atoms with E-state index in [4.69, 9.17) is 9.97 Å². The number of hydrogen-bond donors (Lipinski definition) is 0. The lowest BCUT2D eigenvalue weighted by Gasteiger charge is -2.27. The number of aromatic nitrogens is 2. The summed E-state index contributed by atoms with van der Waals surface area (Å²) in [5.41, 5.74) is 15.3. The maximum Gasteiger partial charge on any atom is 0.160 e. The molecule has 3 nitrogen and oxygen atoms in total. The Morgan fingerprint density at radius 3 is 1.45 bits per heavy atom. The number of anilines is 3. The minimum atomic E-state index is 0.753. The number of nitrogens with zero attached hydrogens (tertiary/aromatic N) is 3. The van der Waals surface area contributed by atoms with Gasteiger partial charge in [0.05, 0.1) is 17.1 Å². The van der Waals surface area contributed by atoms with Crippen LogP contribution in [0.3, 0.4) is 0 Å². The second-order valence-electron chi connectivity index (χ2n) is 15.6. The van der Waals surface area contributed by atoms with Crippen LogP contribution in [0.2, 0.25) is 0 Å². The molecule has 0 amide bonds. The van der Waals surface area contributed by atoms with Crippen molar-refractivity contribution in [3.8, 4) is 33.9 Å². The summed E-state index contributed by atoms with van der Waals surface area (Å²) in [6.45, 7) is 31.3. The van der Waals surface area contributed by atoms with Gasteiger partial charge in [-0.05, 0) is 116 Å². The zero-order valence-corrected chi connectivity index (χ0v) is 39.9. The zero-order valence-electron chi connectivity index (χ0n) is 39.9. The molecule has 330 valence electrons. The fraction of sp³-hybridized carbons (Fsp3) is 0.111. The van der Waals surface area contributed by atoms with Crippen LogP contribution in [-0.4, -0.2) is 9.97 Å². The molecule has 0 aliphatic rings. The standard InChI is InChI=1S/C45H35N3.C7H8.C7H10.C2H6.C2H4/c1-30-25-31(2)44(32(3)26-30)45-46-41(33-15-7-4-8-16-33)29-42(47-45)38-23-13-17-34-28-40-35(27-39(34)38)18-14-24-43(40)48(36-19-9-5-10-20-36)37-21-11-6-12-22-37;1-7-5-3-2-4-6-7;1-5-7(4)6(2)3;2*1-2/h4-29H,1-3H3;2-6H,1H3;5H,1-2,4H2,3H3;1-2H3;1-2H2. The van der Waals surface area contributed by atoms with E-state index in [1.54, 1.807) is 6.08 Å². The smallest absolute Gasteiger partial charge is 0.160 e. The highest BCUT2D eigenvalue weighted by atomic mass is 15.1. The van der Waals surface area contributed by atoms with E-state index in [2.05, 4.69) is 229 Å². The molecule has 3 heteroatoms. The third-order valence-electron chi connectivity index (χ3n) is 10.8. The lowest BCUT2D eigenvalue weighted by atomic mass is 9.95. The van der Waals surface area contributed by atoms with E-state index in [1.165, 1.54) is 33.0 Å². The minimum absolute atomic E-state index is 0.753. The van der Waals surface area contributed by atoms with Gasteiger partial charge in [0, 0.05) is 33.5 Å². The predicted molar refractivity (Wildman–Crippen MR) is 290 cm³/mol. The Kier molecular flexibility index (Phi) is 18.1. The summed E-state index contributed by atoms with van der Waals surface area (Å²) in [5.74, 6) is 0.753. The van der Waals surface area contributed by atoms with Crippen LogP contribution in [0.4, 0.5) is 17.1 Å². The molecule has 0 unspecified atom stereocenters. The molecule has 0 saturated heterocycles. The Morgan fingerprint density at radius 2 is 0.970 bits per heavy atom. The Labute approximate surface area is 394 Å². The first kappa shape index (κ1) is 49.1. The lowest BCUT2D eigenvalue weighted by Crippen LogP contribution is -2.10. The molecule has 0 N–H and O–H groups in total. The maximum absolute atomic E-state index is 5.29. The number of rotatable bonds is 8. The molecule has 0 aliphatic carbocycles. The second kappa shape index (κ2) is 24.3. The third kappa shape index (κ3) is 12.2. The Hall–Kier alpha value is -7.88. The second-order valence-corrected chi connectivity index (χ2v) is 15.6. The first-order valence-corrected chi connectivity index (χ1v) is 22.5. The average molecular weight is 862 g/mol. The number of aryl methyl sites for hydroxylation is 4. The molecule has 0 radical (unpaired) electrons. The molecule has 1 heterocycles. The average Bonchev–Trinajstić information content (AvgIpc) is 3.35. The topological polar surface area (TPSA) is 29.0 Å². The molecule has 0 spiro atoms. The number of benzene rings is 8. The van der Waals surface area contributed by atoms with Gasteiger partial charge in [-0.15, -0.1) is 13.2 Å². The van der Waals surface area contributed by atoms with Crippen molar-refractivity contribution >= 4 is 38.6 Å². The molecule has 8 aromatic carbocycles. The summed E-state index contributed by atoms with van der Waals surface area (Å²) in [6.07, 6.45) is 1.70. The van der Waals surface area contributed by atoms with E-state index < -0.39 is 0 Å². The van der Waals surface area contributed by atoms with Crippen LogP contribution in [0.1, 0.15) is 43.0 Å². The third-order valence-corrected chi connectivity index (χ3v) is 10.8. The minimum Gasteiger partial charge on any atom is -0.310 e. The first-order valence-electron chi connectivity index (χ1n) is 22.5. The van der Waals surface area contributed by atoms with Crippen molar-refractivity contribution < 1.29 is 0 Å². The van der Waals surface area contributed by atoms with Crippen molar-refractivity contribution in [3.05, 3.63) is 260 Å². The van der Waals surface area contributed by atoms with E-state index in [-0.39, 0.29) is 0 Å². The van der Waals surface area contributed by atoms with Gasteiger partial charge < -0.3 is 4.90 Å². The molecule has 0 saturated carbocycles. The van der Waals surface area contributed by atoms with E-state index in [0.29, 0.717) is 0 Å². The number of allylic oxidation sites excluding steroid dienone is 3. The SMILES string of the molecule is C=C.C=CC(=C)C(=C)C.CC.Cc1cc(C)c(-c2nc(-c3ccccc3)cc(-c3cccc4cc5c(N(c6ccccc6)c6ccccc6)cccc5cc34)n2)c(C)c1.Cc1ccccc1. The highest BCUT2D eigenvalue weighted by Gasteiger charge is 2.18. The summed E-state index contributed by atoms with van der Waals surface area (Å²) >= 11 is 0. The van der Waals surface area contributed by atoms with Gasteiger partial charge in [0.15, 0.2) is 5.82 Å². The summed E-state index contributed by atoms with van der Waals surface area (Å²) in [4.78, 5) is 12.8. The fourth-order valence-corrected chi connectivity index (χ4v) is 7.73. The number of hydrogen-bond acceptors (Lipinski definition) is 3. The molecule has 0 atom stereocenters. The summed E-state index contributed by atoms with van der Waals surface area (Å²) in [5, 5.41) is 4.69. The predicted octanol–water partition coefficient (Wildman–Crippen LogP) is 18.3. The molecule has 66 heavy (non-hydrogen) atoms. The molecule has 1 aromatic heterocycles. The van der Waals surface area contributed by atoms with Gasteiger partial charge in [-0.3, -0.25) is 0 Å². The van der Waals surface area contributed by atoms with Crippen LogP contribution in [0.5, 0.6) is 0 Å². The van der Waals surface area contributed by atoms with Crippen molar-refractivity contribution in [2.24, 2.45) is 0 Å². The van der Waals surface area contributed by atoms with Gasteiger partial charge in [-0.25, -0.2) is 9.97 Å². The van der Waals surface area contributed by atoms with Crippen molar-refractivity contribution in [1.82, 2.24) is 9.97 Å². The van der Waals surface area contributed by atoms with Gasteiger partial charge in [0.2, 0.25) is 0 Å². The lowest BCUT2D eigenvalue weighted by molar-refractivity contribution is 1.16. The molecule has 0 bridgehead atoms. The highest BCUT2D eigenvalue weighted by molar-refractivity contribution is 6.09. The molecule has 9 rings (SSSR count). The van der Waals surface area contributed by atoms with Gasteiger partial charge in [0.25, 0.3) is 0 Å². The summed E-state index contributed by atoms with van der Waals surface area (Å²) in [6, 6.07) is 66.2. The van der Waals surface area contributed by atoms with Gasteiger partial charge in [0.1, 0.15) is 0 Å². The Morgan fingerprint density at radius 1 is 0.500 bits per heavy atom. The van der Waals surface area contributed by atoms with Crippen LogP contribution in [0, 0.1) is 27.7 Å². The quantitative estimate of drug-likeness (QED) is 0.0866. The molecule has 0 fully saturated rings.